The normalized spacial score (nSPS) is 12.0. The van der Waals surface area contributed by atoms with E-state index < -0.39 is 34.8 Å². The molecule has 122 valence electrons. The number of hydrogen-bond acceptors (Lipinski definition) is 6. The number of aromatic nitrogens is 2. The molecule has 1 amide bonds. The Morgan fingerprint density at radius 1 is 1.48 bits per heavy atom. The lowest BCUT2D eigenvalue weighted by Gasteiger charge is -2.14. The highest BCUT2D eigenvalue weighted by Gasteiger charge is 2.25. The fourth-order valence-corrected chi connectivity index (χ4v) is 2.53. The van der Waals surface area contributed by atoms with E-state index >= 15 is 0 Å². The zero-order valence-corrected chi connectivity index (χ0v) is 14.7. The van der Waals surface area contributed by atoms with Gasteiger partial charge in [-0.1, -0.05) is 0 Å². The number of hydrogen-bond donors (Lipinski definition) is 2. The Labute approximate surface area is 144 Å². The quantitative estimate of drug-likeness (QED) is 0.542. The number of aromatic hydroxyl groups is 1. The van der Waals surface area contributed by atoms with Crippen LogP contribution in [-0.4, -0.2) is 39.7 Å². The lowest BCUT2D eigenvalue weighted by Crippen LogP contribution is -2.41. The molecule has 0 bridgehead atoms. The summed E-state index contributed by atoms with van der Waals surface area (Å²) >= 11 is 2.00. The van der Waals surface area contributed by atoms with E-state index in [0.717, 1.165) is 3.57 Å². The number of pyridine rings is 2. The molecular weight excluding hydrogens is 417 g/mol. The van der Waals surface area contributed by atoms with Gasteiger partial charge < -0.3 is 15.2 Å². The number of ether oxygens (including phenoxy) is 1. The van der Waals surface area contributed by atoms with Gasteiger partial charge >= 0.3 is 5.97 Å². The summed E-state index contributed by atoms with van der Waals surface area (Å²) in [6.07, 6.45) is 1.54. The summed E-state index contributed by atoms with van der Waals surface area (Å²) < 4.78 is 6.41. The van der Waals surface area contributed by atoms with Crippen molar-refractivity contribution in [3.05, 3.63) is 31.8 Å². The highest BCUT2D eigenvalue weighted by atomic mass is 127. The first kappa shape index (κ1) is 17.2. The van der Waals surface area contributed by atoms with Gasteiger partial charge in [-0.2, -0.15) is 0 Å². The van der Waals surface area contributed by atoms with Crippen molar-refractivity contribution >= 4 is 45.5 Å². The van der Waals surface area contributed by atoms with Crippen molar-refractivity contribution < 1.29 is 19.4 Å². The van der Waals surface area contributed by atoms with Crippen LogP contribution in [0.5, 0.6) is 5.75 Å². The smallest absolute Gasteiger partial charge is 0.328 e. The number of esters is 1. The Morgan fingerprint density at radius 3 is 2.74 bits per heavy atom. The summed E-state index contributed by atoms with van der Waals surface area (Å²) in [5.41, 5.74) is -0.900. The van der Waals surface area contributed by atoms with Crippen LogP contribution >= 0.6 is 22.6 Å². The Balaban J connectivity index is 2.59. The summed E-state index contributed by atoms with van der Waals surface area (Å²) in [5, 5.41) is 12.9. The number of fused-ring (bicyclic) bond motifs is 1. The van der Waals surface area contributed by atoms with E-state index in [2.05, 4.69) is 15.0 Å². The molecule has 2 rings (SSSR count). The molecule has 0 aliphatic rings. The summed E-state index contributed by atoms with van der Waals surface area (Å²) in [6.45, 7) is 1.41. The van der Waals surface area contributed by atoms with Gasteiger partial charge in [0.2, 0.25) is 0 Å². The number of methoxy groups -OCH3 is 1. The number of rotatable bonds is 3. The monoisotopic (exact) mass is 431 g/mol. The highest BCUT2D eigenvalue weighted by molar-refractivity contribution is 14.1. The molecule has 8 nitrogen and oxygen atoms in total. The summed E-state index contributed by atoms with van der Waals surface area (Å²) in [7, 11) is 2.63. The van der Waals surface area contributed by atoms with Crippen LogP contribution in [0.25, 0.3) is 11.0 Å². The van der Waals surface area contributed by atoms with Crippen molar-refractivity contribution in [1.82, 2.24) is 14.9 Å². The molecule has 1 atom stereocenters. The van der Waals surface area contributed by atoms with E-state index in [0.29, 0.717) is 0 Å². The summed E-state index contributed by atoms with van der Waals surface area (Å²) in [6, 6.07) is 0.652. The number of halogens is 1. The zero-order chi connectivity index (χ0) is 17.3. The number of amides is 1. The molecule has 0 radical (unpaired) electrons. The fourth-order valence-electron chi connectivity index (χ4n) is 2.08. The molecule has 2 aromatic rings. The maximum Gasteiger partial charge on any atom is 0.328 e. The Kier molecular flexibility index (Phi) is 4.88. The molecule has 2 heterocycles. The minimum atomic E-state index is -0.957. The molecule has 23 heavy (non-hydrogen) atoms. The molecule has 0 unspecified atom stereocenters. The average Bonchev–Trinajstić information content (AvgIpc) is 2.51. The number of nitrogens with zero attached hydrogens (tertiary/aromatic N) is 2. The third-order valence-electron chi connectivity index (χ3n) is 3.29. The van der Waals surface area contributed by atoms with Crippen molar-refractivity contribution in [2.45, 2.75) is 13.0 Å². The van der Waals surface area contributed by atoms with Crippen LogP contribution < -0.4 is 10.9 Å². The number of aryl methyl sites for hydroxylation is 1. The third kappa shape index (κ3) is 3.14. The molecule has 0 aliphatic heterocycles. The first-order valence-electron chi connectivity index (χ1n) is 6.53. The minimum Gasteiger partial charge on any atom is -0.506 e. The predicted molar refractivity (Wildman–Crippen MR) is 90.3 cm³/mol. The molecule has 0 aliphatic carbocycles. The number of nitrogens with one attached hydrogen (secondary N) is 1. The van der Waals surface area contributed by atoms with Crippen molar-refractivity contribution in [3.63, 3.8) is 0 Å². The molecule has 0 fully saturated rings. The van der Waals surface area contributed by atoms with E-state index in [-0.39, 0.29) is 11.0 Å². The molecule has 0 aromatic carbocycles. The van der Waals surface area contributed by atoms with Gasteiger partial charge in [-0.05, 0) is 35.6 Å². The Hall–Kier alpha value is -2.17. The number of carbonyl (C=O) groups is 2. The Morgan fingerprint density at radius 2 is 2.13 bits per heavy atom. The Bertz CT molecular complexity index is 862. The minimum absolute atomic E-state index is 0.255. The van der Waals surface area contributed by atoms with E-state index in [1.807, 2.05) is 22.6 Å². The topological polar surface area (TPSA) is 111 Å². The SMILES string of the molecule is COC(=O)[C@H](C)NC(=O)c1c(O)c2cc(I)cnc2n(C)c1=O. The maximum absolute atomic E-state index is 12.3. The fraction of sp³-hybridized carbons (Fsp3) is 0.286. The van der Waals surface area contributed by atoms with Gasteiger partial charge in [0.25, 0.3) is 11.5 Å². The zero-order valence-electron chi connectivity index (χ0n) is 12.6. The molecule has 9 heteroatoms. The summed E-state index contributed by atoms with van der Waals surface area (Å²) in [5.74, 6) is -1.99. The van der Waals surface area contributed by atoms with E-state index in [4.69, 9.17) is 0 Å². The van der Waals surface area contributed by atoms with Crippen molar-refractivity contribution in [1.29, 1.82) is 0 Å². The maximum atomic E-state index is 12.3. The predicted octanol–water partition coefficient (Wildman–Crippen LogP) is 0.535. The second-order valence-electron chi connectivity index (χ2n) is 4.83. The molecular formula is C14H14IN3O5. The van der Waals surface area contributed by atoms with Crippen LogP contribution in [0.2, 0.25) is 0 Å². The van der Waals surface area contributed by atoms with Crippen LogP contribution in [-0.2, 0) is 16.6 Å². The lowest BCUT2D eigenvalue weighted by molar-refractivity contribution is -0.142. The molecule has 2 aromatic heterocycles. The first-order chi connectivity index (χ1) is 10.8. The molecule has 0 saturated heterocycles. The van der Waals surface area contributed by atoms with E-state index in [1.165, 1.54) is 25.6 Å². The molecule has 0 saturated carbocycles. The molecule has 2 N–H and O–H groups in total. The van der Waals surface area contributed by atoms with E-state index in [1.54, 1.807) is 12.3 Å². The van der Waals surface area contributed by atoms with Gasteiger partial charge in [0.15, 0.2) is 0 Å². The van der Waals surface area contributed by atoms with Crippen LogP contribution in [0.3, 0.4) is 0 Å². The van der Waals surface area contributed by atoms with Crippen LogP contribution in [0, 0.1) is 3.57 Å². The van der Waals surface area contributed by atoms with Crippen molar-refractivity contribution in [2.24, 2.45) is 7.05 Å². The standard InChI is InChI=1S/C14H14IN3O5/c1-6(14(22)23-3)17-12(20)9-10(19)8-4-7(15)5-16-11(8)18(2)13(9)21/h4-6,19H,1-3H3,(H,17,20)/t6-/m0/s1. The second-order valence-corrected chi connectivity index (χ2v) is 6.08. The van der Waals surface area contributed by atoms with Crippen molar-refractivity contribution in [2.75, 3.05) is 7.11 Å². The van der Waals surface area contributed by atoms with Gasteiger partial charge in [-0.3, -0.25) is 14.2 Å². The second kappa shape index (κ2) is 6.52. The largest absolute Gasteiger partial charge is 0.506 e. The van der Waals surface area contributed by atoms with Crippen molar-refractivity contribution in [3.8, 4) is 5.75 Å². The molecule has 0 spiro atoms. The van der Waals surface area contributed by atoms with Crippen LogP contribution in [0.1, 0.15) is 17.3 Å². The van der Waals surface area contributed by atoms with Gasteiger partial charge in [-0.15, -0.1) is 0 Å². The summed E-state index contributed by atoms with van der Waals surface area (Å²) in [4.78, 5) is 40.1. The third-order valence-corrected chi connectivity index (χ3v) is 3.88. The first-order valence-corrected chi connectivity index (χ1v) is 7.61. The average molecular weight is 431 g/mol. The van der Waals surface area contributed by atoms with Gasteiger partial charge in [0.1, 0.15) is 23.0 Å². The van der Waals surface area contributed by atoms with E-state index in [9.17, 15) is 19.5 Å². The highest BCUT2D eigenvalue weighted by Crippen LogP contribution is 2.26. The van der Waals surface area contributed by atoms with Gasteiger partial charge in [-0.25, -0.2) is 9.78 Å². The number of carbonyl (C=O) groups excluding carboxylic acids is 2. The van der Waals surface area contributed by atoms with Crippen LogP contribution in [0.15, 0.2) is 17.1 Å². The van der Waals surface area contributed by atoms with Gasteiger partial charge in [0.05, 0.1) is 12.5 Å². The van der Waals surface area contributed by atoms with Crippen LogP contribution in [0.4, 0.5) is 0 Å². The lowest BCUT2D eigenvalue weighted by atomic mass is 10.1. The van der Waals surface area contributed by atoms with Gasteiger partial charge in [0, 0.05) is 16.8 Å².